The van der Waals surface area contributed by atoms with Gasteiger partial charge in [0.25, 0.3) is 0 Å². The maximum Gasteiger partial charge on any atom is 0.313 e. The topological polar surface area (TPSA) is 67.2 Å². The molecule has 0 amide bonds. The molecule has 0 aliphatic rings. The van der Waals surface area contributed by atoms with Gasteiger partial charge in [0.05, 0.1) is 11.6 Å². The first-order valence-corrected chi connectivity index (χ1v) is 3.29. The Morgan fingerprint density at radius 1 is 1.58 bits per heavy atom. The highest BCUT2D eigenvalue weighted by molar-refractivity contribution is 5.94. The third-order valence-corrected chi connectivity index (χ3v) is 0.959. The molecule has 64 valence electrons. The molecule has 0 aliphatic heterocycles. The van der Waals surface area contributed by atoms with Gasteiger partial charge < -0.3 is 4.74 Å². The molecule has 0 radical (unpaired) electrons. The number of ketones is 1. The van der Waals surface area contributed by atoms with Crippen LogP contribution < -0.4 is 0 Å². The van der Waals surface area contributed by atoms with Gasteiger partial charge in [0, 0.05) is 0 Å². The SMILES string of the molecule is C=C(C#N)COC(=O)CC(C)=O. The molecule has 4 nitrogen and oxygen atoms in total. The Labute approximate surface area is 70.4 Å². The zero-order valence-electron chi connectivity index (χ0n) is 6.79. The van der Waals surface area contributed by atoms with Crippen LogP contribution in [0.1, 0.15) is 13.3 Å². The molecule has 0 N–H and O–H groups in total. The molecule has 0 heterocycles. The molecule has 0 aliphatic carbocycles. The number of rotatable bonds is 4. The molecular weight excluding hydrogens is 158 g/mol. The van der Waals surface area contributed by atoms with Crippen LogP contribution in [0, 0.1) is 11.3 Å². The van der Waals surface area contributed by atoms with Crippen LogP contribution in [0.2, 0.25) is 0 Å². The Morgan fingerprint density at radius 3 is 2.58 bits per heavy atom. The Hall–Kier alpha value is -1.63. The summed E-state index contributed by atoms with van der Waals surface area (Å²) in [6.07, 6.45) is -0.251. The van der Waals surface area contributed by atoms with E-state index in [4.69, 9.17) is 5.26 Å². The first-order valence-electron chi connectivity index (χ1n) is 3.29. The molecule has 0 saturated heterocycles. The van der Waals surface area contributed by atoms with Gasteiger partial charge in [0.2, 0.25) is 0 Å². The van der Waals surface area contributed by atoms with E-state index in [0.29, 0.717) is 0 Å². The fourth-order valence-corrected chi connectivity index (χ4v) is 0.454. The van der Waals surface area contributed by atoms with Gasteiger partial charge in [-0.15, -0.1) is 0 Å². The van der Waals surface area contributed by atoms with Crippen molar-refractivity contribution in [2.24, 2.45) is 0 Å². The minimum absolute atomic E-state index is 0.136. The summed E-state index contributed by atoms with van der Waals surface area (Å²) >= 11 is 0. The van der Waals surface area contributed by atoms with Crippen LogP contribution in [0.3, 0.4) is 0 Å². The molecular formula is C8H9NO3. The van der Waals surface area contributed by atoms with E-state index in [1.807, 2.05) is 0 Å². The largest absolute Gasteiger partial charge is 0.460 e. The average molecular weight is 167 g/mol. The second-order valence-corrected chi connectivity index (χ2v) is 2.25. The quantitative estimate of drug-likeness (QED) is 0.349. The summed E-state index contributed by atoms with van der Waals surface area (Å²) in [7, 11) is 0. The fraction of sp³-hybridized carbons (Fsp3) is 0.375. The number of ether oxygens (including phenoxy) is 1. The first-order chi connectivity index (χ1) is 5.56. The third-order valence-electron chi connectivity index (χ3n) is 0.959. The van der Waals surface area contributed by atoms with Crippen LogP contribution in [0.4, 0.5) is 0 Å². The second kappa shape index (κ2) is 5.08. The van der Waals surface area contributed by atoms with Crippen molar-refractivity contribution in [1.82, 2.24) is 0 Å². The van der Waals surface area contributed by atoms with Gasteiger partial charge in [-0.1, -0.05) is 6.58 Å². The smallest absolute Gasteiger partial charge is 0.313 e. The van der Waals surface area contributed by atoms with E-state index >= 15 is 0 Å². The van der Waals surface area contributed by atoms with Crippen LogP contribution in [0.15, 0.2) is 12.2 Å². The second-order valence-electron chi connectivity index (χ2n) is 2.25. The third kappa shape index (κ3) is 5.18. The summed E-state index contributed by atoms with van der Waals surface area (Å²) in [5, 5.41) is 8.22. The average Bonchev–Trinajstić information content (AvgIpc) is 1.99. The van der Waals surface area contributed by atoms with E-state index in [0.717, 1.165) is 0 Å². The van der Waals surface area contributed by atoms with Crippen molar-refractivity contribution in [3.63, 3.8) is 0 Å². The monoisotopic (exact) mass is 167 g/mol. The van der Waals surface area contributed by atoms with Crippen LogP contribution in [-0.2, 0) is 14.3 Å². The lowest BCUT2D eigenvalue weighted by atomic mass is 10.3. The van der Waals surface area contributed by atoms with Crippen molar-refractivity contribution in [3.05, 3.63) is 12.2 Å². The summed E-state index contributed by atoms with van der Waals surface area (Å²) in [6.45, 7) is 4.46. The first kappa shape index (κ1) is 10.4. The summed E-state index contributed by atoms with van der Waals surface area (Å²) in [5.41, 5.74) is 0.159. The number of carbonyl (C=O) groups excluding carboxylic acids is 2. The standard InChI is InChI=1S/C8H9NO3/c1-6(4-9)5-12-8(11)3-7(2)10/h1,3,5H2,2H3. The van der Waals surface area contributed by atoms with Crippen molar-refractivity contribution in [1.29, 1.82) is 5.26 Å². The van der Waals surface area contributed by atoms with E-state index in [1.165, 1.54) is 6.92 Å². The zero-order chi connectivity index (χ0) is 9.56. The lowest BCUT2D eigenvalue weighted by Crippen LogP contribution is -2.10. The number of esters is 1. The van der Waals surface area contributed by atoms with Gasteiger partial charge in [-0.2, -0.15) is 5.26 Å². The molecule has 0 saturated carbocycles. The Balaban J connectivity index is 3.66. The van der Waals surface area contributed by atoms with Gasteiger partial charge >= 0.3 is 5.97 Å². The van der Waals surface area contributed by atoms with Crippen molar-refractivity contribution in [3.8, 4) is 6.07 Å². The lowest BCUT2D eigenvalue weighted by molar-refractivity contribution is -0.144. The number of Topliss-reactive ketones (excluding diaryl/α,β-unsaturated/α-hetero) is 1. The van der Waals surface area contributed by atoms with Crippen molar-refractivity contribution in [2.45, 2.75) is 13.3 Å². The number of carbonyl (C=O) groups is 2. The summed E-state index contributed by atoms with van der Waals surface area (Å²) in [5.74, 6) is -0.888. The highest BCUT2D eigenvalue weighted by Gasteiger charge is 2.06. The van der Waals surface area contributed by atoms with Gasteiger partial charge in [-0.25, -0.2) is 0 Å². The van der Waals surface area contributed by atoms with Crippen molar-refractivity contribution in [2.75, 3.05) is 6.61 Å². The summed E-state index contributed by atoms with van der Waals surface area (Å²) in [6, 6.07) is 1.72. The predicted molar refractivity (Wildman–Crippen MR) is 41.0 cm³/mol. The predicted octanol–water partition coefficient (Wildman–Crippen LogP) is 0.588. The molecule has 0 spiro atoms. The number of nitriles is 1. The van der Waals surface area contributed by atoms with Gasteiger partial charge in [0.1, 0.15) is 18.8 Å². The van der Waals surface area contributed by atoms with Gasteiger partial charge in [-0.05, 0) is 6.92 Å². The normalized spacial score (nSPS) is 8.33. The van der Waals surface area contributed by atoms with E-state index < -0.39 is 5.97 Å². The molecule has 0 aromatic heterocycles. The summed E-state index contributed by atoms with van der Waals surface area (Å²) < 4.78 is 4.52. The van der Waals surface area contributed by atoms with Crippen molar-refractivity contribution < 1.29 is 14.3 Å². The maximum absolute atomic E-state index is 10.7. The van der Waals surface area contributed by atoms with Crippen LogP contribution in [0.5, 0.6) is 0 Å². The fourth-order valence-electron chi connectivity index (χ4n) is 0.454. The van der Waals surface area contributed by atoms with Gasteiger partial charge in [-0.3, -0.25) is 9.59 Å². The van der Waals surface area contributed by atoms with Crippen LogP contribution in [-0.4, -0.2) is 18.4 Å². The highest BCUT2D eigenvalue weighted by Crippen LogP contribution is 1.92. The minimum atomic E-state index is -0.626. The van der Waals surface area contributed by atoms with E-state index in [1.54, 1.807) is 6.07 Å². The Morgan fingerprint density at radius 2 is 2.17 bits per heavy atom. The van der Waals surface area contributed by atoms with E-state index in [2.05, 4.69) is 11.3 Å². The van der Waals surface area contributed by atoms with Crippen LogP contribution in [0.25, 0.3) is 0 Å². The van der Waals surface area contributed by atoms with E-state index in [9.17, 15) is 9.59 Å². The van der Waals surface area contributed by atoms with E-state index in [-0.39, 0.29) is 24.4 Å². The zero-order valence-corrected chi connectivity index (χ0v) is 6.79. The molecule has 0 bridgehead atoms. The molecule has 0 rings (SSSR count). The molecule has 0 aromatic carbocycles. The molecule has 0 unspecified atom stereocenters. The molecule has 0 fully saturated rings. The van der Waals surface area contributed by atoms with Crippen molar-refractivity contribution >= 4 is 11.8 Å². The summed E-state index contributed by atoms with van der Waals surface area (Å²) in [4.78, 5) is 21.1. The Bertz CT molecular complexity index is 250. The van der Waals surface area contributed by atoms with Crippen LogP contribution >= 0.6 is 0 Å². The maximum atomic E-state index is 10.7. The Kier molecular flexibility index (Phi) is 4.39. The number of hydrogen-bond acceptors (Lipinski definition) is 4. The molecule has 4 heteroatoms. The minimum Gasteiger partial charge on any atom is -0.460 e. The lowest BCUT2D eigenvalue weighted by Gasteiger charge is -1.99. The molecule has 0 atom stereocenters. The molecule has 12 heavy (non-hydrogen) atoms. The number of hydrogen-bond donors (Lipinski definition) is 0. The highest BCUT2D eigenvalue weighted by atomic mass is 16.5. The number of nitrogens with zero attached hydrogens (tertiary/aromatic N) is 1. The molecule has 0 aromatic rings. The van der Waals surface area contributed by atoms with Gasteiger partial charge in [0.15, 0.2) is 0 Å².